The second-order valence-corrected chi connectivity index (χ2v) is 9.28. The third kappa shape index (κ3) is 3.68. The van der Waals surface area contributed by atoms with Gasteiger partial charge in [0, 0.05) is 32.8 Å². The van der Waals surface area contributed by atoms with Gasteiger partial charge in [0.2, 0.25) is 0 Å². The van der Waals surface area contributed by atoms with E-state index < -0.39 is 0 Å². The topological polar surface area (TPSA) is 3.24 Å². The lowest BCUT2D eigenvalue weighted by atomic mass is 9.83. The summed E-state index contributed by atoms with van der Waals surface area (Å²) in [7, 11) is 0. The Bertz CT molecular complexity index is 785. The van der Waals surface area contributed by atoms with Gasteiger partial charge >= 0.3 is 0 Å². The highest BCUT2D eigenvalue weighted by Gasteiger charge is 2.39. The van der Waals surface area contributed by atoms with Crippen LogP contribution in [0.5, 0.6) is 0 Å². The number of hydrogen-bond acceptors (Lipinski definition) is 1. The molecule has 1 aromatic carbocycles. The second kappa shape index (κ2) is 7.94. The molecule has 140 valence electrons. The molecule has 1 heterocycles. The monoisotopic (exact) mass is 433 g/mol. The molecule has 0 bridgehead atoms. The van der Waals surface area contributed by atoms with Crippen molar-refractivity contribution in [2.75, 3.05) is 11.4 Å². The van der Waals surface area contributed by atoms with Crippen LogP contribution in [0.15, 0.2) is 56.7 Å². The number of hydrogen-bond donors (Lipinski definition) is 0. The summed E-state index contributed by atoms with van der Waals surface area (Å²) < 4.78 is 1.15. The number of fused-ring (bicyclic) bond motifs is 1. The van der Waals surface area contributed by atoms with Crippen molar-refractivity contribution in [3.05, 3.63) is 62.3 Å². The van der Waals surface area contributed by atoms with E-state index in [0.717, 1.165) is 28.9 Å². The van der Waals surface area contributed by atoms with Crippen molar-refractivity contribution in [2.24, 2.45) is 0 Å². The number of allylic oxidation sites excluding steroid dienone is 6. The van der Waals surface area contributed by atoms with Gasteiger partial charge in [-0.25, -0.2) is 0 Å². The Hall–Kier alpha value is -0.990. The molecule has 0 aromatic heterocycles. The molecule has 26 heavy (non-hydrogen) atoms. The zero-order chi connectivity index (χ0) is 18.9. The van der Waals surface area contributed by atoms with Crippen molar-refractivity contribution in [3.8, 4) is 0 Å². The predicted molar refractivity (Wildman–Crippen MR) is 118 cm³/mol. The van der Waals surface area contributed by atoms with E-state index >= 15 is 0 Å². The van der Waals surface area contributed by atoms with Crippen molar-refractivity contribution in [1.82, 2.24) is 0 Å². The molecular formula is C23H29BrClN. The highest BCUT2D eigenvalue weighted by atomic mass is 79.9. The van der Waals surface area contributed by atoms with E-state index in [1.54, 1.807) is 0 Å². The van der Waals surface area contributed by atoms with Crippen LogP contribution < -0.4 is 4.90 Å². The van der Waals surface area contributed by atoms with Crippen LogP contribution in [0.1, 0.15) is 65.4 Å². The summed E-state index contributed by atoms with van der Waals surface area (Å²) >= 11 is 10.2. The van der Waals surface area contributed by atoms with Gasteiger partial charge in [0.05, 0.1) is 0 Å². The first-order chi connectivity index (χ1) is 12.4. The molecule has 0 saturated carbocycles. The van der Waals surface area contributed by atoms with Gasteiger partial charge in [-0.2, -0.15) is 0 Å². The Labute approximate surface area is 171 Å². The predicted octanol–water partition coefficient (Wildman–Crippen LogP) is 7.85. The van der Waals surface area contributed by atoms with Crippen LogP contribution in [0.2, 0.25) is 0 Å². The maximum atomic E-state index is 6.58. The molecule has 1 aromatic rings. The zero-order valence-corrected chi connectivity index (χ0v) is 18.7. The molecule has 0 atom stereocenters. The van der Waals surface area contributed by atoms with Crippen LogP contribution in [0.4, 0.5) is 5.69 Å². The molecule has 0 radical (unpaired) electrons. The summed E-state index contributed by atoms with van der Waals surface area (Å²) in [5.41, 5.74) is 6.71. The number of nitrogens with zero attached hydrogens (tertiary/aromatic N) is 1. The Morgan fingerprint density at radius 3 is 2.73 bits per heavy atom. The van der Waals surface area contributed by atoms with E-state index in [9.17, 15) is 0 Å². The van der Waals surface area contributed by atoms with Crippen molar-refractivity contribution in [2.45, 2.75) is 65.2 Å². The van der Waals surface area contributed by atoms with Crippen molar-refractivity contribution in [1.29, 1.82) is 0 Å². The molecule has 0 spiro atoms. The molecule has 3 heteroatoms. The zero-order valence-electron chi connectivity index (χ0n) is 16.3. The minimum Gasteiger partial charge on any atom is -0.344 e. The Balaban J connectivity index is 2.05. The number of unbranched alkanes of at least 4 members (excludes halogenated alkanes) is 1. The number of halogens is 2. The SMILES string of the molecule is CCCCN1/C(=C/C=C2\CCCC(C)=C2Cl)C(C)(C)c2cc(Br)ccc21. The molecule has 2 aliphatic rings. The van der Waals surface area contributed by atoms with E-state index in [2.05, 4.69) is 78.9 Å². The van der Waals surface area contributed by atoms with E-state index in [1.165, 1.54) is 47.4 Å². The smallest absolute Gasteiger partial charge is 0.0451 e. The molecule has 3 rings (SSSR count). The highest BCUT2D eigenvalue weighted by Crippen LogP contribution is 2.48. The quantitative estimate of drug-likeness (QED) is 0.466. The summed E-state index contributed by atoms with van der Waals surface area (Å²) in [6, 6.07) is 6.68. The molecule has 0 N–H and O–H groups in total. The van der Waals surface area contributed by atoms with Crippen molar-refractivity contribution < 1.29 is 0 Å². The lowest BCUT2D eigenvalue weighted by Crippen LogP contribution is -2.27. The summed E-state index contributed by atoms with van der Waals surface area (Å²) in [6.45, 7) is 10.1. The molecule has 0 amide bonds. The highest BCUT2D eigenvalue weighted by molar-refractivity contribution is 9.10. The van der Waals surface area contributed by atoms with Gasteiger partial charge in [-0.3, -0.25) is 0 Å². The van der Waals surface area contributed by atoms with Crippen LogP contribution in [0, 0.1) is 0 Å². The van der Waals surface area contributed by atoms with E-state index in [0.29, 0.717) is 0 Å². The molecule has 0 fully saturated rings. The Morgan fingerprint density at radius 2 is 2.00 bits per heavy atom. The van der Waals surface area contributed by atoms with E-state index in [-0.39, 0.29) is 5.41 Å². The molecule has 1 aliphatic heterocycles. The van der Waals surface area contributed by atoms with Crippen LogP contribution in [0.25, 0.3) is 0 Å². The Morgan fingerprint density at radius 1 is 1.23 bits per heavy atom. The maximum Gasteiger partial charge on any atom is 0.0451 e. The first-order valence-electron chi connectivity index (χ1n) is 9.70. The average molecular weight is 435 g/mol. The molecule has 1 nitrogen and oxygen atoms in total. The van der Waals surface area contributed by atoms with Gasteiger partial charge in [0.15, 0.2) is 0 Å². The summed E-state index contributed by atoms with van der Waals surface area (Å²) in [5, 5.41) is 0.976. The fourth-order valence-corrected chi connectivity index (χ4v) is 4.69. The van der Waals surface area contributed by atoms with Gasteiger partial charge in [-0.15, -0.1) is 0 Å². The second-order valence-electron chi connectivity index (χ2n) is 7.98. The average Bonchev–Trinajstić information content (AvgIpc) is 2.81. The number of rotatable bonds is 4. The summed E-state index contributed by atoms with van der Waals surface area (Å²) in [5.74, 6) is 0. The molecular weight excluding hydrogens is 406 g/mol. The first-order valence-corrected chi connectivity index (χ1v) is 10.9. The minimum absolute atomic E-state index is 0.0101. The number of anilines is 1. The van der Waals surface area contributed by atoms with Gasteiger partial charge in [0.1, 0.15) is 0 Å². The Kier molecular flexibility index (Phi) is 6.04. The van der Waals surface area contributed by atoms with Gasteiger partial charge in [0.25, 0.3) is 0 Å². The largest absolute Gasteiger partial charge is 0.344 e. The van der Waals surface area contributed by atoms with Crippen LogP contribution >= 0.6 is 27.5 Å². The standard InChI is InChI=1S/C23H29BrClN/c1-5-6-14-26-20-12-11-18(24)15-19(20)23(3,4)21(26)13-10-17-9-7-8-16(2)22(17)25/h10-13,15H,5-9,14H2,1-4H3/b17-10+,21-13+. The third-order valence-corrected chi connectivity index (χ3v) is 6.74. The molecule has 1 aliphatic carbocycles. The fraction of sp³-hybridized carbons (Fsp3) is 0.478. The summed E-state index contributed by atoms with van der Waals surface area (Å²) in [6.07, 6.45) is 10.4. The normalized spacial score (nSPS) is 22.5. The first kappa shape index (κ1) is 19.8. The van der Waals surface area contributed by atoms with Crippen LogP contribution in [-0.2, 0) is 5.41 Å². The van der Waals surface area contributed by atoms with Crippen LogP contribution in [0.3, 0.4) is 0 Å². The number of benzene rings is 1. The van der Waals surface area contributed by atoms with Crippen molar-refractivity contribution >= 4 is 33.2 Å². The van der Waals surface area contributed by atoms with Gasteiger partial charge < -0.3 is 4.90 Å². The van der Waals surface area contributed by atoms with Gasteiger partial charge in [-0.05, 0) is 68.0 Å². The van der Waals surface area contributed by atoms with Crippen LogP contribution in [-0.4, -0.2) is 6.54 Å². The van der Waals surface area contributed by atoms with E-state index in [1.807, 2.05) is 0 Å². The lowest BCUT2D eigenvalue weighted by Gasteiger charge is -2.27. The third-order valence-electron chi connectivity index (χ3n) is 5.69. The fourth-order valence-electron chi connectivity index (χ4n) is 4.08. The minimum atomic E-state index is -0.0101. The lowest BCUT2D eigenvalue weighted by molar-refractivity contribution is 0.624. The maximum absolute atomic E-state index is 6.58. The molecule has 0 saturated heterocycles. The van der Waals surface area contributed by atoms with Crippen molar-refractivity contribution in [3.63, 3.8) is 0 Å². The molecule has 0 unspecified atom stereocenters. The van der Waals surface area contributed by atoms with E-state index in [4.69, 9.17) is 11.6 Å². The summed E-state index contributed by atoms with van der Waals surface area (Å²) in [4.78, 5) is 2.51. The van der Waals surface area contributed by atoms with Gasteiger partial charge in [-0.1, -0.05) is 66.4 Å².